The van der Waals surface area contributed by atoms with Gasteiger partial charge in [-0.2, -0.15) is 0 Å². The maximum atomic E-state index is 12.1. The van der Waals surface area contributed by atoms with Gasteiger partial charge in [0.1, 0.15) is 5.76 Å². The molecular weight excluding hydrogens is 324 g/mol. The Hall–Kier alpha value is -3.01. The maximum Gasteiger partial charge on any atom is 0.255 e. The van der Waals surface area contributed by atoms with Crippen molar-refractivity contribution < 1.29 is 9.21 Å². The third kappa shape index (κ3) is 3.36. The lowest BCUT2D eigenvalue weighted by molar-refractivity contribution is 0.0949. The van der Waals surface area contributed by atoms with Crippen LogP contribution in [0.5, 0.6) is 0 Å². The van der Waals surface area contributed by atoms with E-state index in [1.54, 1.807) is 13.0 Å². The first kappa shape index (κ1) is 16.5. The summed E-state index contributed by atoms with van der Waals surface area (Å²) in [6.45, 7) is 4.29. The molecule has 2 aromatic carbocycles. The zero-order chi connectivity index (χ0) is 17.9. The topological polar surface area (TPSA) is 45.5 Å². The first-order chi connectivity index (χ1) is 12.7. The molecule has 1 aliphatic heterocycles. The molecule has 0 spiro atoms. The second kappa shape index (κ2) is 7.08. The highest BCUT2D eigenvalue weighted by Gasteiger charge is 2.18. The number of carbonyl (C=O) groups excluding carboxylic acids is 1. The molecule has 1 aromatic heterocycles. The number of hydrogen-bond acceptors (Lipinski definition) is 3. The molecule has 0 aliphatic carbocycles. The van der Waals surface area contributed by atoms with Crippen LogP contribution in [0.3, 0.4) is 0 Å². The second-order valence-corrected chi connectivity index (χ2v) is 6.69. The van der Waals surface area contributed by atoms with E-state index < -0.39 is 0 Å². The quantitative estimate of drug-likeness (QED) is 0.757. The standard InChI is InChI=1S/C22H22N2O2/c1-16-20(11-13-26-16)22(25)23-14-17-6-8-18(9-7-17)15-24-12-10-19-4-2-3-5-21(19)24/h2-9,11,13H,10,12,14-15H2,1H3,(H,23,25). The van der Waals surface area contributed by atoms with Gasteiger partial charge in [-0.1, -0.05) is 42.5 Å². The van der Waals surface area contributed by atoms with E-state index in [9.17, 15) is 4.79 Å². The van der Waals surface area contributed by atoms with E-state index in [0.717, 1.165) is 25.1 Å². The lowest BCUT2D eigenvalue weighted by Gasteiger charge is -2.19. The molecule has 0 radical (unpaired) electrons. The fourth-order valence-corrected chi connectivity index (χ4v) is 3.45. The van der Waals surface area contributed by atoms with Gasteiger partial charge >= 0.3 is 0 Å². The molecule has 0 saturated heterocycles. The van der Waals surface area contributed by atoms with Gasteiger partial charge in [0.05, 0.1) is 11.8 Å². The van der Waals surface area contributed by atoms with Gasteiger partial charge in [-0.3, -0.25) is 4.79 Å². The number of anilines is 1. The van der Waals surface area contributed by atoms with Gasteiger partial charge in [0.15, 0.2) is 0 Å². The molecule has 1 aliphatic rings. The van der Waals surface area contributed by atoms with Crippen molar-refractivity contribution in [1.29, 1.82) is 0 Å². The number of nitrogens with zero attached hydrogens (tertiary/aromatic N) is 1. The summed E-state index contributed by atoms with van der Waals surface area (Å²) in [5.74, 6) is 0.540. The minimum absolute atomic E-state index is 0.103. The Kier molecular flexibility index (Phi) is 4.48. The molecule has 0 unspecified atom stereocenters. The molecule has 3 aromatic rings. The zero-order valence-corrected chi connectivity index (χ0v) is 14.9. The van der Waals surface area contributed by atoms with Crippen molar-refractivity contribution in [2.24, 2.45) is 0 Å². The highest BCUT2D eigenvalue weighted by Crippen LogP contribution is 2.28. The van der Waals surface area contributed by atoms with Gasteiger partial charge in [-0.25, -0.2) is 0 Å². The Morgan fingerprint density at radius 1 is 1.08 bits per heavy atom. The number of rotatable bonds is 5. The van der Waals surface area contributed by atoms with Crippen molar-refractivity contribution in [1.82, 2.24) is 5.32 Å². The molecule has 0 fully saturated rings. The number of hydrogen-bond donors (Lipinski definition) is 1. The number of furan rings is 1. The van der Waals surface area contributed by atoms with Gasteiger partial charge in [0, 0.05) is 25.3 Å². The fourth-order valence-electron chi connectivity index (χ4n) is 3.45. The van der Waals surface area contributed by atoms with Gasteiger partial charge in [0.2, 0.25) is 0 Å². The van der Waals surface area contributed by atoms with Crippen LogP contribution in [0.25, 0.3) is 0 Å². The number of amides is 1. The second-order valence-electron chi connectivity index (χ2n) is 6.69. The van der Waals surface area contributed by atoms with Gasteiger partial charge < -0.3 is 14.6 Å². The Morgan fingerprint density at radius 2 is 1.85 bits per heavy atom. The fraction of sp³-hybridized carbons (Fsp3) is 0.227. The van der Waals surface area contributed by atoms with E-state index in [0.29, 0.717) is 17.9 Å². The number of para-hydroxylation sites is 1. The van der Waals surface area contributed by atoms with Crippen LogP contribution in [0.2, 0.25) is 0 Å². The Bertz CT molecular complexity index is 912. The van der Waals surface area contributed by atoms with E-state index in [-0.39, 0.29) is 5.91 Å². The van der Waals surface area contributed by atoms with Crippen molar-refractivity contribution in [2.75, 3.05) is 11.4 Å². The molecule has 26 heavy (non-hydrogen) atoms. The van der Waals surface area contributed by atoms with Crippen LogP contribution >= 0.6 is 0 Å². The summed E-state index contributed by atoms with van der Waals surface area (Å²) in [6.07, 6.45) is 2.66. The number of nitrogens with one attached hydrogen (secondary N) is 1. The smallest absolute Gasteiger partial charge is 0.255 e. The van der Waals surface area contributed by atoms with E-state index in [1.165, 1.54) is 23.1 Å². The van der Waals surface area contributed by atoms with E-state index in [1.807, 2.05) is 0 Å². The minimum atomic E-state index is -0.103. The summed E-state index contributed by atoms with van der Waals surface area (Å²) in [4.78, 5) is 14.6. The van der Waals surface area contributed by atoms with E-state index in [2.05, 4.69) is 58.7 Å². The van der Waals surface area contributed by atoms with E-state index in [4.69, 9.17) is 4.42 Å². The summed E-state index contributed by atoms with van der Waals surface area (Å²) >= 11 is 0. The molecule has 2 heterocycles. The van der Waals surface area contributed by atoms with Crippen molar-refractivity contribution in [3.8, 4) is 0 Å². The predicted molar refractivity (Wildman–Crippen MR) is 102 cm³/mol. The highest BCUT2D eigenvalue weighted by molar-refractivity contribution is 5.94. The van der Waals surface area contributed by atoms with Crippen LogP contribution < -0.4 is 10.2 Å². The number of carbonyl (C=O) groups is 1. The van der Waals surface area contributed by atoms with Crippen LogP contribution in [-0.2, 0) is 19.5 Å². The summed E-state index contributed by atoms with van der Waals surface area (Å²) in [6, 6.07) is 18.8. The van der Waals surface area contributed by atoms with Crippen molar-refractivity contribution in [2.45, 2.75) is 26.4 Å². The number of benzene rings is 2. The van der Waals surface area contributed by atoms with Crippen LogP contribution in [0.4, 0.5) is 5.69 Å². The van der Waals surface area contributed by atoms with Gasteiger partial charge in [0.25, 0.3) is 5.91 Å². The molecule has 1 amide bonds. The Morgan fingerprint density at radius 3 is 2.62 bits per heavy atom. The van der Waals surface area contributed by atoms with Crippen LogP contribution in [0.15, 0.2) is 65.3 Å². The van der Waals surface area contributed by atoms with Gasteiger partial charge in [-0.05, 0) is 42.2 Å². The molecule has 4 nitrogen and oxygen atoms in total. The summed E-state index contributed by atoms with van der Waals surface area (Å²) in [7, 11) is 0. The van der Waals surface area contributed by atoms with Crippen molar-refractivity contribution >= 4 is 11.6 Å². The average Bonchev–Trinajstić information content (AvgIpc) is 3.27. The predicted octanol–water partition coefficient (Wildman–Crippen LogP) is 4.08. The van der Waals surface area contributed by atoms with Crippen molar-refractivity contribution in [3.63, 3.8) is 0 Å². The normalized spacial score (nSPS) is 12.9. The van der Waals surface area contributed by atoms with Crippen molar-refractivity contribution in [3.05, 3.63) is 88.9 Å². The Balaban J connectivity index is 1.36. The van der Waals surface area contributed by atoms with Crippen LogP contribution in [0.1, 0.15) is 32.8 Å². The molecule has 4 heteroatoms. The monoisotopic (exact) mass is 346 g/mol. The van der Waals surface area contributed by atoms with Crippen LogP contribution in [-0.4, -0.2) is 12.5 Å². The first-order valence-corrected chi connectivity index (χ1v) is 8.93. The molecule has 4 rings (SSSR count). The third-order valence-electron chi connectivity index (χ3n) is 4.94. The molecule has 0 bridgehead atoms. The lowest BCUT2D eigenvalue weighted by Crippen LogP contribution is -2.23. The minimum Gasteiger partial charge on any atom is -0.469 e. The summed E-state index contributed by atoms with van der Waals surface area (Å²) < 4.78 is 5.18. The summed E-state index contributed by atoms with van der Waals surface area (Å²) in [5.41, 5.74) is 5.74. The lowest BCUT2D eigenvalue weighted by atomic mass is 10.1. The number of aryl methyl sites for hydroxylation is 1. The molecule has 0 atom stereocenters. The Labute approximate surface area is 153 Å². The first-order valence-electron chi connectivity index (χ1n) is 8.93. The third-order valence-corrected chi connectivity index (χ3v) is 4.94. The summed E-state index contributed by atoms with van der Waals surface area (Å²) in [5, 5.41) is 2.94. The molecule has 0 saturated carbocycles. The van der Waals surface area contributed by atoms with Gasteiger partial charge in [-0.15, -0.1) is 0 Å². The van der Waals surface area contributed by atoms with Crippen LogP contribution in [0, 0.1) is 6.92 Å². The number of fused-ring (bicyclic) bond motifs is 1. The van der Waals surface area contributed by atoms with E-state index >= 15 is 0 Å². The zero-order valence-electron chi connectivity index (χ0n) is 14.9. The average molecular weight is 346 g/mol. The molecular formula is C22H22N2O2. The maximum absolute atomic E-state index is 12.1. The SMILES string of the molecule is Cc1occc1C(=O)NCc1ccc(CN2CCc3ccccc32)cc1. The molecule has 1 N–H and O–H groups in total. The highest BCUT2D eigenvalue weighted by atomic mass is 16.3. The largest absolute Gasteiger partial charge is 0.469 e. The molecule has 132 valence electrons.